The molecule has 1 unspecified atom stereocenters. The normalized spacial score (nSPS) is 17.3. The highest BCUT2D eigenvalue weighted by molar-refractivity contribution is 5.85. The first-order chi connectivity index (χ1) is 12.8. The van der Waals surface area contributed by atoms with E-state index in [1.807, 2.05) is 6.92 Å². The maximum atomic E-state index is 15.3. The predicted octanol–water partition coefficient (Wildman–Crippen LogP) is 2.10. The highest BCUT2D eigenvalue weighted by atomic mass is 19.1. The minimum atomic E-state index is -1.76. The smallest absolute Gasteiger partial charge is 0.449 e. The summed E-state index contributed by atoms with van der Waals surface area (Å²) < 4.78 is 48.3. The molecule has 10 heteroatoms. The number of carbonyl (C=O) groups is 1. The number of carboxylic acid groups (broad SMARTS) is 1. The average Bonchev–Trinajstić information content (AvgIpc) is 2.58. The van der Waals surface area contributed by atoms with Crippen LogP contribution in [0.5, 0.6) is 5.75 Å². The van der Waals surface area contributed by atoms with E-state index >= 15 is 4.39 Å². The van der Waals surface area contributed by atoms with Crippen LogP contribution in [0.4, 0.5) is 23.7 Å². The second-order valence-corrected chi connectivity index (χ2v) is 6.29. The number of piperazine rings is 1. The molecule has 1 aromatic heterocycles. The van der Waals surface area contributed by atoms with Crippen molar-refractivity contribution in [3.8, 4) is 5.75 Å². The Morgan fingerprint density at radius 3 is 2.81 bits per heavy atom. The summed E-state index contributed by atoms with van der Waals surface area (Å²) in [5, 5.41) is 11.5. The second-order valence-electron chi connectivity index (χ2n) is 6.29. The molecule has 2 aromatic rings. The summed E-state index contributed by atoms with van der Waals surface area (Å²) in [4.78, 5) is 24.7. The lowest BCUT2D eigenvalue weighted by Crippen LogP contribution is -2.49. The Bertz CT molecular complexity index is 947. The first kappa shape index (κ1) is 19.0. The number of benzene rings is 1. The Hall–Kier alpha value is -2.75. The molecule has 2 N–H and O–H groups in total. The maximum Gasteiger partial charge on any atom is 0.511 e. The van der Waals surface area contributed by atoms with Crippen LogP contribution in [0.3, 0.4) is 0 Å². The lowest BCUT2D eigenvalue weighted by molar-refractivity contribution is 0.143. The SMILES string of the molecule is CC1CN(c2c(F)cc3c(=O)c(OC(=O)O)cn(CCF)c3c2F)CCN1. The number of ether oxygens (including phenoxy) is 1. The van der Waals surface area contributed by atoms with Gasteiger partial charge in [-0.2, -0.15) is 0 Å². The Kier molecular flexibility index (Phi) is 5.26. The van der Waals surface area contributed by atoms with Gasteiger partial charge in [0, 0.05) is 25.7 Å². The van der Waals surface area contributed by atoms with E-state index in [1.165, 1.54) is 4.90 Å². The summed E-state index contributed by atoms with van der Waals surface area (Å²) in [5.41, 5.74) is -1.58. The van der Waals surface area contributed by atoms with Crippen LogP contribution in [0.2, 0.25) is 0 Å². The molecule has 1 aliphatic heterocycles. The van der Waals surface area contributed by atoms with Gasteiger partial charge in [-0.3, -0.25) is 4.79 Å². The molecule has 3 rings (SSSR count). The fourth-order valence-electron chi connectivity index (χ4n) is 3.31. The van der Waals surface area contributed by atoms with Gasteiger partial charge in [0.1, 0.15) is 18.2 Å². The van der Waals surface area contributed by atoms with Crippen molar-refractivity contribution in [3.05, 3.63) is 34.1 Å². The maximum absolute atomic E-state index is 15.3. The summed E-state index contributed by atoms with van der Waals surface area (Å²) in [6.45, 7) is 1.86. The van der Waals surface area contributed by atoms with Crippen molar-refractivity contribution in [2.24, 2.45) is 0 Å². The third-order valence-corrected chi connectivity index (χ3v) is 4.40. The molecule has 2 heterocycles. The summed E-state index contributed by atoms with van der Waals surface area (Å²) in [6.07, 6.45) is -0.839. The van der Waals surface area contributed by atoms with E-state index in [-0.39, 0.29) is 23.8 Å². The Balaban J connectivity index is 2.26. The molecule has 1 atom stereocenters. The van der Waals surface area contributed by atoms with Crippen LogP contribution in [0.1, 0.15) is 6.92 Å². The molecule has 0 bridgehead atoms. The number of anilines is 1. The Labute approximate surface area is 151 Å². The van der Waals surface area contributed by atoms with Crippen molar-refractivity contribution < 1.29 is 27.8 Å². The summed E-state index contributed by atoms with van der Waals surface area (Å²) in [6, 6.07) is 0.847. The van der Waals surface area contributed by atoms with Crippen molar-refractivity contribution in [1.29, 1.82) is 0 Å². The molecule has 7 nitrogen and oxygen atoms in total. The summed E-state index contributed by atoms with van der Waals surface area (Å²) in [7, 11) is 0. The zero-order chi connectivity index (χ0) is 19.7. The predicted molar refractivity (Wildman–Crippen MR) is 92.4 cm³/mol. The van der Waals surface area contributed by atoms with Gasteiger partial charge in [0.05, 0.1) is 23.6 Å². The van der Waals surface area contributed by atoms with Crippen LogP contribution < -0.4 is 20.4 Å². The molecule has 1 fully saturated rings. The summed E-state index contributed by atoms with van der Waals surface area (Å²) in [5.74, 6) is -2.59. The quantitative estimate of drug-likeness (QED) is 0.785. The molecule has 0 saturated carbocycles. The third kappa shape index (κ3) is 3.57. The van der Waals surface area contributed by atoms with Crippen LogP contribution in [-0.2, 0) is 6.54 Å². The monoisotopic (exact) mass is 385 g/mol. The van der Waals surface area contributed by atoms with Gasteiger partial charge in [0.15, 0.2) is 11.6 Å². The van der Waals surface area contributed by atoms with Gasteiger partial charge in [-0.1, -0.05) is 0 Å². The highest BCUT2D eigenvalue weighted by Crippen LogP contribution is 2.31. The zero-order valence-corrected chi connectivity index (χ0v) is 14.5. The number of aryl methyl sites for hydroxylation is 1. The van der Waals surface area contributed by atoms with Crippen molar-refractivity contribution in [2.45, 2.75) is 19.5 Å². The van der Waals surface area contributed by atoms with Gasteiger partial charge in [-0.15, -0.1) is 0 Å². The number of fused-ring (bicyclic) bond motifs is 1. The van der Waals surface area contributed by atoms with E-state index in [9.17, 15) is 18.4 Å². The van der Waals surface area contributed by atoms with E-state index in [0.717, 1.165) is 16.8 Å². The Morgan fingerprint density at radius 1 is 1.44 bits per heavy atom. The number of aromatic nitrogens is 1. The number of pyridine rings is 1. The molecule has 0 radical (unpaired) electrons. The van der Waals surface area contributed by atoms with Crippen LogP contribution in [0.15, 0.2) is 17.1 Å². The fourth-order valence-corrected chi connectivity index (χ4v) is 3.31. The Morgan fingerprint density at radius 2 is 2.19 bits per heavy atom. The largest absolute Gasteiger partial charge is 0.511 e. The number of nitrogens with zero attached hydrogens (tertiary/aromatic N) is 2. The zero-order valence-electron chi connectivity index (χ0n) is 14.5. The molecular weight excluding hydrogens is 367 g/mol. The van der Waals surface area contributed by atoms with E-state index < -0.39 is 41.0 Å². The highest BCUT2D eigenvalue weighted by Gasteiger charge is 2.26. The van der Waals surface area contributed by atoms with Crippen molar-refractivity contribution in [3.63, 3.8) is 0 Å². The van der Waals surface area contributed by atoms with Gasteiger partial charge in [0.2, 0.25) is 5.43 Å². The van der Waals surface area contributed by atoms with E-state index in [1.54, 1.807) is 0 Å². The number of halogens is 3. The van der Waals surface area contributed by atoms with Crippen molar-refractivity contribution in [1.82, 2.24) is 9.88 Å². The molecular formula is C17H18F3N3O4. The minimum absolute atomic E-state index is 0.00706. The standard InChI is InChI=1S/C17H18F3N3O4/c1-9-7-23(5-3-21-9)15-11(19)6-10-14(13(15)20)22(4-2-18)8-12(16(10)24)27-17(25)26/h6,8-9,21H,2-5,7H2,1H3,(H,25,26). The second kappa shape index (κ2) is 7.47. The lowest BCUT2D eigenvalue weighted by Gasteiger charge is -2.34. The van der Waals surface area contributed by atoms with E-state index in [2.05, 4.69) is 10.1 Å². The van der Waals surface area contributed by atoms with Gasteiger partial charge in [-0.05, 0) is 13.0 Å². The number of rotatable bonds is 4. The van der Waals surface area contributed by atoms with Gasteiger partial charge < -0.3 is 24.6 Å². The first-order valence-corrected chi connectivity index (χ1v) is 8.33. The number of hydrogen-bond acceptors (Lipinski definition) is 5. The molecule has 0 aliphatic carbocycles. The van der Waals surface area contributed by atoms with E-state index in [0.29, 0.717) is 19.6 Å². The van der Waals surface area contributed by atoms with E-state index in [4.69, 9.17) is 5.11 Å². The fraction of sp³-hybridized carbons (Fsp3) is 0.412. The van der Waals surface area contributed by atoms with Crippen molar-refractivity contribution >= 4 is 22.7 Å². The molecule has 1 aliphatic rings. The third-order valence-electron chi connectivity index (χ3n) is 4.40. The first-order valence-electron chi connectivity index (χ1n) is 8.33. The lowest BCUT2D eigenvalue weighted by atomic mass is 10.1. The molecule has 146 valence electrons. The minimum Gasteiger partial charge on any atom is -0.449 e. The van der Waals surface area contributed by atoms with Crippen LogP contribution >= 0.6 is 0 Å². The van der Waals surface area contributed by atoms with Crippen LogP contribution in [0, 0.1) is 11.6 Å². The molecule has 27 heavy (non-hydrogen) atoms. The number of nitrogens with one attached hydrogen (secondary N) is 1. The average molecular weight is 385 g/mol. The van der Waals surface area contributed by atoms with Gasteiger partial charge in [-0.25, -0.2) is 18.0 Å². The van der Waals surface area contributed by atoms with Gasteiger partial charge >= 0.3 is 6.16 Å². The van der Waals surface area contributed by atoms with Crippen LogP contribution in [0.25, 0.3) is 10.9 Å². The topological polar surface area (TPSA) is 83.8 Å². The number of hydrogen-bond donors (Lipinski definition) is 2. The van der Waals surface area contributed by atoms with Crippen LogP contribution in [-0.4, -0.2) is 48.2 Å². The van der Waals surface area contributed by atoms with Crippen molar-refractivity contribution in [2.75, 3.05) is 31.2 Å². The van der Waals surface area contributed by atoms with Gasteiger partial charge in [0.25, 0.3) is 0 Å². The number of alkyl halides is 1. The molecule has 0 spiro atoms. The summed E-state index contributed by atoms with van der Waals surface area (Å²) >= 11 is 0. The molecule has 0 amide bonds. The molecule has 1 aromatic carbocycles. The molecule has 1 saturated heterocycles.